The summed E-state index contributed by atoms with van der Waals surface area (Å²) in [5, 5.41) is 8.35. The van der Waals surface area contributed by atoms with Gasteiger partial charge in [-0.1, -0.05) is 23.7 Å². The van der Waals surface area contributed by atoms with Crippen LogP contribution in [0.2, 0.25) is 5.15 Å². The van der Waals surface area contributed by atoms with E-state index in [-0.39, 0.29) is 0 Å². The van der Waals surface area contributed by atoms with Crippen LogP contribution < -0.4 is 0 Å². The van der Waals surface area contributed by atoms with Crippen molar-refractivity contribution in [3.63, 3.8) is 0 Å². The number of nitrogens with zero attached hydrogens (tertiary/aromatic N) is 3. The van der Waals surface area contributed by atoms with Crippen LogP contribution in [0.25, 0.3) is 11.3 Å². The highest BCUT2D eigenvalue weighted by molar-refractivity contribution is 7.98. The topological polar surface area (TPSA) is 38.7 Å². The molecule has 1 aromatic carbocycles. The number of aryl methyl sites for hydroxylation is 1. The van der Waals surface area contributed by atoms with Gasteiger partial charge in [0.15, 0.2) is 5.15 Å². The summed E-state index contributed by atoms with van der Waals surface area (Å²) in [4.78, 5) is 5.28. The van der Waals surface area contributed by atoms with Crippen molar-refractivity contribution in [2.75, 3.05) is 6.26 Å². The lowest BCUT2D eigenvalue weighted by Gasteiger charge is -2.03. The first-order chi connectivity index (χ1) is 7.70. The molecular weight excluding hydrogens is 242 g/mol. The summed E-state index contributed by atoms with van der Waals surface area (Å²) in [5.74, 6) is 0.578. The molecule has 2 rings (SSSR count). The van der Waals surface area contributed by atoms with E-state index in [2.05, 4.69) is 15.2 Å². The summed E-state index contributed by atoms with van der Waals surface area (Å²) in [6.45, 7) is 1.76. The van der Waals surface area contributed by atoms with Gasteiger partial charge in [-0.05, 0) is 25.3 Å². The van der Waals surface area contributed by atoms with E-state index in [0.29, 0.717) is 16.7 Å². The predicted octanol–water partition coefficient (Wildman–Crippen LogP) is 3.22. The van der Waals surface area contributed by atoms with E-state index >= 15 is 0 Å². The van der Waals surface area contributed by atoms with Crippen molar-refractivity contribution < 1.29 is 0 Å². The molecule has 5 heteroatoms. The van der Waals surface area contributed by atoms with Gasteiger partial charge in [-0.2, -0.15) is 0 Å². The predicted molar refractivity (Wildman–Crippen MR) is 66.8 cm³/mol. The molecule has 1 aromatic heterocycles. The molecule has 0 radical (unpaired) electrons. The number of aromatic nitrogens is 3. The van der Waals surface area contributed by atoms with Crippen LogP contribution in [0.1, 0.15) is 5.82 Å². The molecule has 0 saturated carbocycles. The van der Waals surface area contributed by atoms with Crippen LogP contribution in [0.15, 0.2) is 29.2 Å². The van der Waals surface area contributed by atoms with E-state index < -0.39 is 0 Å². The molecule has 0 atom stereocenters. The molecule has 0 unspecified atom stereocenters. The fraction of sp³-hybridized carbons (Fsp3) is 0.182. The Bertz CT molecular complexity index is 499. The van der Waals surface area contributed by atoms with E-state index in [9.17, 15) is 0 Å². The molecule has 0 fully saturated rings. The van der Waals surface area contributed by atoms with Gasteiger partial charge >= 0.3 is 0 Å². The van der Waals surface area contributed by atoms with Crippen molar-refractivity contribution >= 4 is 23.4 Å². The SMILES string of the molecule is CSc1ccc(-c2nnc(C)nc2Cl)cc1. The second-order valence-corrected chi connectivity index (χ2v) is 4.46. The largest absolute Gasteiger partial charge is 0.217 e. The molecule has 3 nitrogen and oxygen atoms in total. The number of halogens is 1. The van der Waals surface area contributed by atoms with Gasteiger partial charge in [0.2, 0.25) is 0 Å². The van der Waals surface area contributed by atoms with Crippen molar-refractivity contribution in [2.24, 2.45) is 0 Å². The Kier molecular flexibility index (Phi) is 3.41. The second-order valence-electron chi connectivity index (χ2n) is 3.23. The Morgan fingerprint density at radius 1 is 1.12 bits per heavy atom. The fourth-order valence-electron chi connectivity index (χ4n) is 1.31. The lowest BCUT2D eigenvalue weighted by molar-refractivity contribution is 0.914. The van der Waals surface area contributed by atoms with E-state index in [1.807, 2.05) is 30.5 Å². The minimum absolute atomic E-state index is 0.393. The monoisotopic (exact) mass is 251 g/mol. The molecule has 16 heavy (non-hydrogen) atoms. The number of thioether (sulfide) groups is 1. The standard InChI is InChI=1S/C11H10ClN3S/c1-7-13-11(12)10(15-14-7)8-3-5-9(16-2)6-4-8/h3-6H,1-2H3. The van der Waals surface area contributed by atoms with Crippen LogP contribution >= 0.6 is 23.4 Å². The molecule has 0 bridgehead atoms. The zero-order valence-electron chi connectivity index (χ0n) is 8.94. The Balaban J connectivity index is 2.42. The van der Waals surface area contributed by atoms with Gasteiger partial charge in [0.25, 0.3) is 0 Å². The van der Waals surface area contributed by atoms with Crippen molar-refractivity contribution in [3.8, 4) is 11.3 Å². The molecule has 0 saturated heterocycles. The highest BCUT2D eigenvalue weighted by Crippen LogP contribution is 2.25. The number of hydrogen-bond acceptors (Lipinski definition) is 4. The van der Waals surface area contributed by atoms with E-state index in [1.165, 1.54) is 4.90 Å². The van der Waals surface area contributed by atoms with E-state index in [1.54, 1.807) is 18.7 Å². The van der Waals surface area contributed by atoms with Gasteiger partial charge in [-0.25, -0.2) is 4.98 Å². The van der Waals surface area contributed by atoms with Gasteiger partial charge in [0.1, 0.15) is 11.5 Å². The molecule has 2 aromatic rings. The second kappa shape index (κ2) is 4.80. The van der Waals surface area contributed by atoms with Crippen molar-refractivity contribution in [1.29, 1.82) is 0 Å². The molecule has 1 heterocycles. The molecule has 0 N–H and O–H groups in total. The minimum atomic E-state index is 0.393. The average Bonchev–Trinajstić information content (AvgIpc) is 2.29. The Morgan fingerprint density at radius 2 is 1.81 bits per heavy atom. The van der Waals surface area contributed by atoms with Crippen LogP contribution in [0.4, 0.5) is 0 Å². The quantitative estimate of drug-likeness (QED) is 0.769. The molecular formula is C11H10ClN3S. The van der Waals surface area contributed by atoms with Crippen molar-refractivity contribution in [1.82, 2.24) is 15.2 Å². The summed E-state index contributed by atoms with van der Waals surface area (Å²) in [5.41, 5.74) is 1.56. The summed E-state index contributed by atoms with van der Waals surface area (Å²) in [6.07, 6.45) is 2.04. The third-order valence-corrected chi connectivity index (χ3v) is 3.12. The molecule has 0 amide bonds. The molecule has 0 aliphatic carbocycles. The van der Waals surface area contributed by atoms with Gasteiger partial charge in [0, 0.05) is 10.5 Å². The highest BCUT2D eigenvalue weighted by Gasteiger charge is 2.07. The normalized spacial score (nSPS) is 10.4. The Morgan fingerprint density at radius 3 is 2.38 bits per heavy atom. The third kappa shape index (κ3) is 2.33. The summed E-state index contributed by atoms with van der Waals surface area (Å²) >= 11 is 7.71. The van der Waals surface area contributed by atoms with Crippen LogP contribution in [0, 0.1) is 6.92 Å². The smallest absolute Gasteiger partial charge is 0.159 e. The average molecular weight is 252 g/mol. The Hall–Kier alpha value is -1.13. The van der Waals surface area contributed by atoms with Crippen LogP contribution in [0.5, 0.6) is 0 Å². The van der Waals surface area contributed by atoms with Crippen LogP contribution in [-0.4, -0.2) is 21.4 Å². The number of benzene rings is 1. The molecule has 0 spiro atoms. The highest BCUT2D eigenvalue weighted by atomic mass is 35.5. The Labute approximate surface area is 103 Å². The summed E-state index contributed by atoms with van der Waals surface area (Å²) in [6, 6.07) is 7.99. The third-order valence-electron chi connectivity index (χ3n) is 2.11. The first kappa shape index (κ1) is 11.4. The molecule has 0 aliphatic rings. The zero-order valence-corrected chi connectivity index (χ0v) is 10.5. The summed E-state index contributed by atoms with van der Waals surface area (Å²) < 4.78 is 0. The fourth-order valence-corrected chi connectivity index (χ4v) is 1.98. The van der Waals surface area contributed by atoms with E-state index in [4.69, 9.17) is 11.6 Å². The number of rotatable bonds is 2. The lowest BCUT2D eigenvalue weighted by atomic mass is 10.2. The minimum Gasteiger partial charge on any atom is -0.217 e. The zero-order chi connectivity index (χ0) is 11.5. The van der Waals surface area contributed by atoms with Crippen molar-refractivity contribution in [2.45, 2.75) is 11.8 Å². The van der Waals surface area contributed by atoms with Crippen LogP contribution in [0.3, 0.4) is 0 Å². The van der Waals surface area contributed by atoms with Crippen LogP contribution in [-0.2, 0) is 0 Å². The first-order valence-electron chi connectivity index (χ1n) is 4.72. The van der Waals surface area contributed by atoms with Gasteiger partial charge < -0.3 is 0 Å². The maximum Gasteiger partial charge on any atom is 0.159 e. The van der Waals surface area contributed by atoms with Gasteiger partial charge in [-0.15, -0.1) is 22.0 Å². The first-order valence-corrected chi connectivity index (χ1v) is 6.32. The molecule has 0 aliphatic heterocycles. The maximum atomic E-state index is 6.02. The maximum absolute atomic E-state index is 6.02. The van der Waals surface area contributed by atoms with Gasteiger partial charge in [0.05, 0.1) is 0 Å². The van der Waals surface area contributed by atoms with Gasteiger partial charge in [-0.3, -0.25) is 0 Å². The number of hydrogen-bond donors (Lipinski definition) is 0. The lowest BCUT2D eigenvalue weighted by Crippen LogP contribution is -1.95. The van der Waals surface area contributed by atoms with E-state index in [0.717, 1.165) is 5.56 Å². The van der Waals surface area contributed by atoms with Crippen molar-refractivity contribution in [3.05, 3.63) is 35.2 Å². The summed E-state index contributed by atoms with van der Waals surface area (Å²) in [7, 11) is 0. The molecule has 82 valence electrons.